The second-order valence-electron chi connectivity index (χ2n) is 18.3. The molecule has 3 aromatic heterocycles. The fourth-order valence-electron chi connectivity index (χ4n) is 9.66. The van der Waals surface area contributed by atoms with Gasteiger partial charge in [-0.3, -0.25) is 34.8 Å². The van der Waals surface area contributed by atoms with Crippen LogP contribution in [0.1, 0.15) is 129 Å². The van der Waals surface area contributed by atoms with Crippen molar-refractivity contribution in [1.82, 2.24) is 44.7 Å². The van der Waals surface area contributed by atoms with E-state index >= 15 is 0 Å². The Kier molecular flexibility index (Phi) is 12.5. The van der Waals surface area contributed by atoms with Gasteiger partial charge >= 0.3 is 0 Å². The minimum atomic E-state index is -0.605. The Morgan fingerprint density at radius 1 is 0.969 bits per heavy atom. The number of nitrogens with one attached hydrogen (secondary N) is 3. The largest absolute Gasteiger partial charge is 0.383 e. The lowest BCUT2D eigenvalue weighted by molar-refractivity contribution is -0.137. The van der Waals surface area contributed by atoms with Crippen LogP contribution in [0.3, 0.4) is 0 Å². The lowest BCUT2D eigenvalue weighted by Crippen LogP contribution is -2.52. The third-order valence-electron chi connectivity index (χ3n) is 13.4. The minimum absolute atomic E-state index is 0.0695. The Bertz CT molecular complexity index is 2410. The number of imidazole rings is 1. The van der Waals surface area contributed by atoms with Gasteiger partial charge in [0.2, 0.25) is 17.7 Å². The number of unbranched alkanes of at least 4 members (excludes halogenated alkanes) is 3. The number of likely N-dealkylation sites (tertiary alicyclic amines) is 1. The van der Waals surface area contributed by atoms with E-state index < -0.39 is 6.04 Å². The number of hydrogen-bond donors (Lipinski definition) is 4. The molecule has 1 unspecified atom stereocenters. The highest BCUT2D eigenvalue weighted by Crippen LogP contribution is 2.46. The van der Waals surface area contributed by atoms with E-state index in [1.54, 1.807) is 4.90 Å². The van der Waals surface area contributed by atoms with Gasteiger partial charge in [0.15, 0.2) is 0 Å². The molecule has 4 amide bonds. The molecule has 9 rings (SSSR count). The molecule has 1 aromatic carbocycles. The van der Waals surface area contributed by atoms with Crippen LogP contribution in [0.25, 0.3) is 11.3 Å². The van der Waals surface area contributed by atoms with Crippen molar-refractivity contribution in [1.29, 1.82) is 5.41 Å². The summed E-state index contributed by atoms with van der Waals surface area (Å²) in [6.07, 6.45) is 14.2. The van der Waals surface area contributed by atoms with Gasteiger partial charge in [0.1, 0.15) is 35.5 Å². The zero-order valence-corrected chi connectivity index (χ0v) is 36.9. The monoisotopic (exact) mass is 873 g/mol. The van der Waals surface area contributed by atoms with Crippen molar-refractivity contribution < 1.29 is 23.7 Å². The van der Waals surface area contributed by atoms with Gasteiger partial charge in [-0.15, -0.1) is 0 Å². The fraction of sp³-hybridized carbons (Fsp3) is 0.543. The number of aromatic nitrogens is 5. The topological polar surface area (TPSA) is 225 Å². The lowest BCUT2D eigenvalue weighted by atomic mass is 10.00. The zero-order chi connectivity index (χ0) is 44.5. The molecule has 0 radical (unpaired) electrons. The van der Waals surface area contributed by atoms with Crippen molar-refractivity contribution in [3.05, 3.63) is 65.2 Å². The summed E-state index contributed by atoms with van der Waals surface area (Å²) in [6, 6.07) is 5.71. The van der Waals surface area contributed by atoms with Crippen molar-refractivity contribution in [2.75, 3.05) is 61.8 Å². The van der Waals surface area contributed by atoms with Gasteiger partial charge in [-0.1, -0.05) is 24.1 Å². The molecule has 5 aliphatic rings. The van der Waals surface area contributed by atoms with Gasteiger partial charge in [0.05, 0.1) is 28.9 Å². The molecular weight excluding hydrogens is 815 g/mol. The molecule has 338 valence electrons. The van der Waals surface area contributed by atoms with Crippen LogP contribution in [0.4, 0.5) is 17.3 Å². The smallest absolute Gasteiger partial charge is 0.255 e. The van der Waals surface area contributed by atoms with E-state index in [4.69, 9.17) is 15.2 Å². The van der Waals surface area contributed by atoms with E-state index in [1.807, 2.05) is 43.4 Å². The number of rotatable bonds is 16. The van der Waals surface area contributed by atoms with Crippen molar-refractivity contribution in [3.8, 4) is 11.3 Å². The molecule has 0 bridgehead atoms. The Balaban J connectivity index is 0.694. The fourth-order valence-corrected chi connectivity index (χ4v) is 9.66. The first-order chi connectivity index (χ1) is 31.0. The van der Waals surface area contributed by atoms with Crippen molar-refractivity contribution in [2.45, 2.75) is 115 Å². The number of nitrogen functional groups attached to an aromatic ring is 1. The predicted molar refractivity (Wildman–Crippen MR) is 240 cm³/mol. The van der Waals surface area contributed by atoms with Crippen LogP contribution in [-0.4, -0.2) is 127 Å². The van der Waals surface area contributed by atoms with Gasteiger partial charge in [-0.2, -0.15) is 0 Å². The maximum Gasteiger partial charge on any atom is 0.255 e. The van der Waals surface area contributed by atoms with Gasteiger partial charge in [-0.05, 0) is 83.0 Å². The summed E-state index contributed by atoms with van der Waals surface area (Å²) in [5, 5.41) is 19.2. The summed E-state index contributed by atoms with van der Waals surface area (Å²) in [6.45, 7) is 10.5. The number of hydrogen-bond acceptors (Lipinski definition) is 14. The number of imide groups is 1. The molecule has 4 fully saturated rings. The van der Waals surface area contributed by atoms with Gasteiger partial charge in [-0.25, -0.2) is 15.0 Å². The first-order valence-electron chi connectivity index (χ1n) is 23.0. The number of piperazine rings is 1. The molecule has 18 heteroatoms. The molecule has 5 N–H and O–H groups in total. The highest BCUT2D eigenvalue weighted by atomic mass is 16.5. The molecule has 1 atom stereocenters. The quantitative estimate of drug-likeness (QED) is 0.0680. The van der Waals surface area contributed by atoms with E-state index in [0.29, 0.717) is 60.8 Å². The molecular formula is C46H59N13O5. The van der Waals surface area contributed by atoms with Crippen LogP contribution in [0, 0.1) is 5.41 Å². The molecule has 4 aromatic rings. The van der Waals surface area contributed by atoms with Gasteiger partial charge in [0.25, 0.3) is 5.91 Å². The van der Waals surface area contributed by atoms with Crippen LogP contribution in [0.2, 0.25) is 0 Å². The van der Waals surface area contributed by atoms with Crippen LogP contribution < -0.4 is 21.3 Å². The van der Waals surface area contributed by atoms with Gasteiger partial charge in [0, 0.05) is 94.1 Å². The number of nitrogens with zero attached hydrogens (tertiary/aromatic N) is 9. The molecule has 1 saturated carbocycles. The number of carbonyl (C=O) groups is 4. The molecule has 7 heterocycles. The first kappa shape index (κ1) is 43.1. The predicted octanol–water partition coefficient (Wildman–Crippen LogP) is 4.72. The maximum atomic E-state index is 13.3. The third-order valence-corrected chi connectivity index (χ3v) is 13.4. The number of amides is 4. The van der Waals surface area contributed by atoms with E-state index in [2.05, 4.69) is 46.2 Å². The molecule has 3 saturated heterocycles. The lowest BCUT2D eigenvalue weighted by Gasteiger charge is -2.36. The average Bonchev–Trinajstić information content (AvgIpc) is 3.69. The molecule has 0 spiro atoms. The van der Waals surface area contributed by atoms with Crippen LogP contribution >= 0.6 is 0 Å². The second-order valence-corrected chi connectivity index (χ2v) is 18.3. The standard InChI is InChI=1S/C46H59N13O5/c1-28(2)52-44-39(43(48)49-26-50-44)40(47)41-38(42(64-54-41)29-8-9-29)34-25-58(27-51-34)31-14-17-57(18-15-31)37(61)7-5-3-4-6-16-55-19-21-56(22-20-55)32-11-10-30-24-59(46(63)33(30)23-32)35-12-13-36(60)53-45(35)62/h10-11,23,25-29,31,35,47H,3-9,12-22,24H2,1-2H3,(H,53,60,62)(H3,48,49,50,52). The molecule has 4 aliphatic heterocycles. The van der Waals surface area contributed by atoms with Gasteiger partial charge < -0.3 is 34.8 Å². The summed E-state index contributed by atoms with van der Waals surface area (Å²) < 4.78 is 8.03. The van der Waals surface area contributed by atoms with E-state index in [0.717, 1.165) is 107 Å². The third kappa shape index (κ3) is 9.10. The number of anilines is 3. The zero-order valence-electron chi connectivity index (χ0n) is 36.9. The van der Waals surface area contributed by atoms with Crippen LogP contribution in [-0.2, 0) is 20.9 Å². The van der Waals surface area contributed by atoms with E-state index in [-0.39, 0.29) is 59.6 Å². The number of piperidine rings is 2. The van der Waals surface area contributed by atoms with E-state index in [1.165, 1.54) is 6.33 Å². The van der Waals surface area contributed by atoms with Crippen molar-refractivity contribution in [3.63, 3.8) is 0 Å². The summed E-state index contributed by atoms with van der Waals surface area (Å²) in [5.74, 6) is 1.07. The minimum Gasteiger partial charge on any atom is -0.383 e. The number of benzene rings is 1. The maximum absolute atomic E-state index is 13.3. The number of carbonyl (C=O) groups excluding carboxylic acids is 4. The molecule has 64 heavy (non-hydrogen) atoms. The molecule has 1 aliphatic carbocycles. The summed E-state index contributed by atoms with van der Waals surface area (Å²) in [5.41, 5.74) is 11.2. The first-order valence-corrected chi connectivity index (χ1v) is 23.0. The van der Waals surface area contributed by atoms with Crippen molar-refractivity contribution >= 4 is 46.7 Å². The number of nitrogens with two attached hydrogens (primary N) is 1. The van der Waals surface area contributed by atoms with Crippen LogP contribution in [0.15, 0.2) is 41.6 Å². The normalized spacial score (nSPS) is 19.7. The average molecular weight is 874 g/mol. The second kappa shape index (κ2) is 18.5. The molecule has 18 nitrogen and oxygen atoms in total. The van der Waals surface area contributed by atoms with E-state index in [9.17, 15) is 24.6 Å². The SMILES string of the molecule is CC(C)Nc1ncnc(N)c1C(=N)c1noc(C2CC2)c1-c1cn(C2CCN(C(=O)CCCCCCN3CCN(c4ccc5c(c4)C(=O)N(C4CCC(=O)NC4=O)C5)CC3)CC2)cn1. The Hall–Kier alpha value is -6.17. The highest BCUT2D eigenvalue weighted by Gasteiger charge is 2.40. The van der Waals surface area contributed by atoms with Crippen LogP contribution in [0.5, 0.6) is 0 Å². The number of fused-ring (bicyclic) bond motifs is 1. The summed E-state index contributed by atoms with van der Waals surface area (Å²) >= 11 is 0. The highest BCUT2D eigenvalue weighted by molar-refractivity contribution is 6.18. The van der Waals surface area contributed by atoms with Crippen molar-refractivity contribution in [2.24, 2.45) is 0 Å². The Labute approximate surface area is 372 Å². The summed E-state index contributed by atoms with van der Waals surface area (Å²) in [7, 11) is 0. The Morgan fingerprint density at radius 2 is 1.75 bits per heavy atom. The summed E-state index contributed by atoms with van der Waals surface area (Å²) in [4.78, 5) is 72.4. The Morgan fingerprint density at radius 3 is 2.50 bits per heavy atom.